The minimum absolute atomic E-state index is 0.223. The van der Waals surface area contributed by atoms with Gasteiger partial charge in [-0.1, -0.05) is 25.4 Å². The normalized spacial score (nSPS) is 12.3. The first-order valence-electron chi connectivity index (χ1n) is 9.90. The first-order valence-corrected chi connectivity index (χ1v) is 10.3. The van der Waals surface area contributed by atoms with Crippen molar-refractivity contribution in [1.82, 2.24) is 4.90 Å². The Morgan fingerprint density at radius 2 is 1.59 bits per heavy atom. The third-order valence-electron chi connectivity index (χ3n) is 4.57. The molecule has 5 nitrogen and oxygen atoms in total. The van der Waals surface area contributed by atoms with Crippen molar-refractivity contribution in [2.45, 2.75) is 32.9 Å². The summed E-state index contributed by atoms with van der Waals surface area (Å²) in [5.74, 6) is 2.80. The van der Waals surface area contributed by atoms with Gasteiger partial charge in [0.1, 0.15) is 30.0 Å². The monoisotopic (exact) mass is 421 g/mol. The average Bonchev–Trinajstić information content (AvgIpc) is 2.71. The van der Waals surface area contributed by atoms with Crippen LogP contribution in [0.3, 0.4) is 0 Å². The van der Waals surface area contributed by atoms with E-state index in [1.54, 1.807) is 38.5 Å². The molecular formula is C23H32ClNO4. The van der Waals surface area contributed by atoms with Crippen LogP contribution in [0.4, 0.5) is 0 Å². The van der Waals surface area contributed by atoms with Crippen molar-refractivity contribution >= 4 is 11.6 Å². The van der Waals surface area contributed by atoms with E-state index in [2.05, 4.69) is 18.7 Å². The molecule has 0 saturated carbocycles. The number of hydrogen-bond donors (Lipinski definition) is 1. The Kier molecular flexibility index (Phi) is 9.58. The van der Waals surface area contributed by atoms with Crippen LogP contribution in [0.2, 0.25) is 5.02 Å². The molecule has 0 spiro atoms. The number of aliphatic hydroxyl groups excluding tert-OH is 1. The van der Waals surface area contributed by atoms with Crippen molar-refractivity contribution in [1.29, 1.82) is 0 Å². The second kappa shape index (κ2) is 11.9. The highest BCUT2D eigenvalue weighted by atomic mass is 35.5. The fraction of sp³-hybridized carbons (Fsp3) is 0.478. The molecule has 2 aromatic rings. The molecule has 6 heteroatoms. The molecule has 0 radical (unpaired) electrons. The van der Waals surface area contributed by atoms with E-state index >= 15 is 0 Å². The Labute approximate surface area is 179 Å². The molecular weight excluding hydrogens is 390 g/mol. The van der Waals surface area contributed by atoms with E-state index in [0.717, 1.165) is 30.0 Å². The number of halogens is 1. The highest BCUT2D eigenvalue weighted by molar-refractivity contribution is 6.30. The van der Waals surface area contributed by atoms with E-state index in [-0.39, 0.29) is 6.61 Å². The fourth-order valence-electron chi connectivity index (χ4n) is 2.97. The highest BCUT2D eigenvalue weighted by Crippen LogP contribution is 2.24. The number of methoxy groups -OCH3 is 2. The average molecular weight is 422 g/mol. The molecule has 0 aliphatic rings. The van der Waals surface area contributed by atoms with Crippen molar-refractivity contribution in [3.8, 4) is 17.2 Å². The van der Waals surface area contributed by atoms with Crippen molar-refractivity contribution in [3.05, 3.63) is 53.1 Å². The van der Waals surface area contributed by atoms with Crippen LogP contribution in [0, 0.1) is 5.92 Å². The van der Waals surface area contributed by atoms with Crippen molar-refractivity contribution in [3.63, 3.8) is 0 Å². The summed E-state index contributed by atoms with van der Waals surface area (Å²) >= 11 is 5.89. The van der Waals surface area contributed by atoms with E-state index in [1.165, 1.54) is 0 Å². The third-order valence-corrected chi connectivity index (χ3v) is 4.82. The lowest BCUT2D eigenvalue weighted by Gasteiger charge is -2.26. The molecule has 1 atom stereocenters. The lowest BCUT2D eigenvalue weighted by atomic mass is 10.1. The quantitative estimate of drug-likeness (QED) is 0.540. The lowest BCUT2D eigenvalue weighted by molar-refractivity contribution is 0.0639. The summed E-state index contributed by atoms with van der Waals surface area (Å²) in [6.45, 7) is 6.72. The van der Waals surface area contributed by atoms with Crippen LogP contribution in [0.15, 0.2) is 42.5 Å². The predicted molar refractivity (Wildman–Crippen MR) is 117 cm³/mol. The van der Waals surface area contributed by atoms with E-state index in [4.69, 9.17) is 25.8 Å². The smallest absolute Gasteiger partial charge is 0.122 e. The zero-order chi connectivity index (χ0) is 21.2. The van der Waals surface area contributed by atoms with Crippen LogP contribution in [0.5, 0.6) is 17.2 Å². The van der Waals surface area contributed by atoms with Crippen LogP contribution in [0.25, 0.3) is 0 Å². The van der Waals surface area contributed by atoms with Gasteiger partial charge in [-0.05, 0) is 60.8 Å². The molecule has 0 aliphatic heterocycles. The third kappa shape index (κ3) is 8.52. The van der Waals surface area contributed by atoms with Gasteiger partial charge in [-0.3, -0.25) is 4.90 Å². The Morgan fingerprint density at radius 3 is 2.14 bits per heavy atom. The first-order chi connectivity index (χ1) is 13.9. The molecule has 0 heterocycles. The first kappa shape index (κ1) is 23.3. The van der Waals surface area contributed by atoms with Gasteiger partial charge in [0.05, 0.1) is 14.2 Å². The van der Waals surface area contributed by atoms with E-state index < -0.39 is 6.10 Å². The molecule has 0 amide bonds. The second-order valence-corrected chi connectivity index (χ2v) is 7.99. The van der Waals surface area contributed by atoms with Gasteiger partial charge in [0, 0.05) is 24.2 Å². The zero-order valence-corrected chi connectivity index (χ0v) is 18.5. The maximum atomic E-state index is 10.5. The van der Waals surface area contributed by atoms with Crippen molar-refractivity contribution in [2.75, 3.05) is 33.9 Å². The number of nitrogens with zero attached hydrogens (tertiary/aromatic N) is 1. The molecule has 0 unspecified atom stereocenters. The van der Waals surface area contributed by atoms with E-state index in [0.29, 0.717) is 29.8 Å². The summed E-state index contributed by atoms with van der Waals surface area (Å²) in [5, 5.41) is 11.2. The maximum absolute atomic E-state index is 10.5. The molecule has 0 bridgehead atoms. The summed E-state index contributed by atoms with van der Waals surface area (Å²) in [5.41, 5.74) is 1.08. The Bertz CT molecular complexity index is 714. The standard InChI is InChI=1S/C23H32ClNO4/c1-17(2)9-10-25(14-18-11-22(27-3)13-23(12-18)28-4)15-20(26)16-29-21-7-5-19(24)6-8-21/h5-8,11-13,17,20,26H,9-10,14-16H2,1-4H3/t20-/m0/s1. The van der Waals surface area contributed by atoms with Crippen LogP contribution in [0.1, 0.15) is 25.8 Å². The van der Waals surface area contributed by atoms with Gasteiger partial charge in [-0.2, -0.15) is 0 Å². The molecule has 0 aliphatic carbocycles. The van der Waals surface area contributed by atoms with Crippen molar-refractivity contribution in [2.24, 2.45) is 5.92 Å². The van der Waals surface area contributed by atoms with Gasteiger partial charge in [-0.15, -0.1) is 0 Å². The molecule has 160 valence electrons. The number of benzene rings is 2. The summed E-state index contributed by atoms with van der Waals surface area (Å²) in [6, 6.07) is 13.0. The summed E-state index contributed by atoms with van der Waals surface area (Å²) in [4.78, 5) is 2.24. The Balaban J connectivity index is 2.00. The zero-order valence-electron chi connectivity index (χ0n) is 17.7. The minimum atomic E-state index is -0.606. The number of ether oxygens (including phenoxy) is 3. The fourth-order valence-corrected chi connectivity index (χ4v) is 3.09. The van der Waals surface area contributed by atoms with E-state index in [9.17, 15) is 5.11 Å². The molecule has 0 fully saturated rings. The molecule has 2 rings (SSSR count). The highest BCUT2D eigenvalue weighted by Gasteiger charge is 2.15. The maximum Gasteiger partial charge on any atom is 0.122 e. The van der Waals surface area contributed by atoms with Gasteiger partial charge in [0.15, 0.2) is 0 Å². The van der Waals surface area contributed by atoms with Crippen LogP contribution < -0.4 is 14.2 Å². The molecule has 1 N–H and O–H groups in total. The molecule has 0 saturated heterocycles. The minimum Gasteiger partial charge on any atom is -0.497 e. The van der Waals surface area contributed by atoms with Crippen LogP contribution in [-0.4, -0.2) is 50.0 Å². The lowest BCUT2D eigenvalue weighted by Crippen LogP contribution is -2.36. The summed E-state index contributed by atoms with van der Waals surface area (Å²) < 4.78 is 16.5. The van der Waals surface area contributed by atoms with Crippen LogP contribution in [-0.2, 0) is 6.54 Å². The second-order valence-electron chi connectivity index (χ2n) is 7.56. The van der Waals surface area contributed by atoms with Gasteiger partial charge in [0.2, 0.25) is 0 Å². The van der Waals surface area contributed by atoms with Gasteiger partial charge in [-0.25, -0.2) is 0 Å². The largest absolute Gasteiger partial charge is 0.497 e. The summed E-state index contributed by atoms with van der Waals surface area (Å²) in [7, 11) is 3.29. The topological polar surface area (TPSA) is 51.2 Å². The van der Waals surface area contributed by atoms with Gasteiger partial charge < -0.3 is 19.3 Å². The van der Waals surface area contributed by atoms with Crippen molar-refractivity contribution < 1.29 is 19.3 Å². The SMILES string of the molecule is COc1cc(CN(CCC(C)C)C[C@H](O)COc2ccc(Cl)cc2)cc(OC)c1. The van der Waals surface area contributed by atoms with E-state index in [1.807, 2.05) is 18.2 Å². The molecule has 29 heavy (non-hydrogen) atoms. The van der Waals surface area contributed by atoms with Gasteiger partial charge in [0.25, 0.3) is 0 Å². The molecule has 2 aromatic carbocycles. The molecule has 0 aromatic heterocycles. The Hall–Kier alpha value is -1.95. The Morgan fingerprint density at radius 1 is 0.966 bits per heavy atom. The van der Waals surface area contributed by atoms with Gasteiger partial charge >= 0.3 is 0 Å². The summed E-state index contributed by atoms with van der Waals surface area (Å²) in [6.07, 6.45) is 0.441. The predicted octanol–water partition coefficient (Wildman–Crippen LogP) is 4.65. The number of aliphatic hydroxyl groups is 1. The number of hydrogen-bond acceptors (Lipinski definition) is 5. The van der Waals surface area contributed by atoms with Crippen LogP contribution >= 0.6 is 11.6 Å². The number of rotatable bonds is 12.